The number of ether oxygens (including phenoxy) is 1. The third-order valence-electron chi connectivity index (χ3n) is 5.40. The molecule has 0 aromatic heterocycles. The zero-order valence-corrected chi connectivity index (χ0v) is 14.5. The van der Waals surface area contributed by atoms with Crippen molar-refractivity contribution >= 4 is 11.9 Å². The second-order valence-corrected chi connectivity index (χ2v) is 6.99. The molecule has 25 heavy (non-hydrogen) atoms. The Labute approximate surface area is 148 Å². The minimum Gasteiger partial charge on any atom is -0.478 e. The number of nitrogens with zero attached hydrogens (tertiary/aromatic N) is 1. The van der Waals surface area contributed by atoms with E-state index in [2.05, 4.69) is 10.2 Å². The van der Waals surface area contributed by atoms with Crippen molar-refractivity contribution in [3.05, 3.63) is 35.4 Å². The Morgan fingerprint density at radius 1 is 1.12 bits per heavy atom. The Hall–Kier alpha value is -1.92. The van der Waals surface area contributed by atoms with Crippen molar-refractivity contribution in [1.82, 2.24) is 10.2 Å². The maximum atomic E-state index is 12.5. The van der Waals surface area contributed by atoms with Gasteiger partial charge >= 0.3 is 5.97 Å². The van der Waals surface area contributed by atoms with Crippen molar-refractivity contribution in [2.45, 2.75) is 44.2 Å². The molecule has 0 atom stereocenters. The highest BCUT2D eigenvalue weighted by molar-refractivity contribution is 5.87. The van der Waals surface area contributed by atoms with E-state index in [-0.39, 0.29) is 17.0 Å². The van der Waals surface area contributed by atoms with Crippen molar-refractivity contribution < 1.29 is 19.4 Å². The van der Waals surface area contributed by atoms with E-state index in [9.17, 15) is 9.59 Å². The van der Waals surface area contributed by atoms with Crippen LogP contribution in [-0.4, -0.2) is 53.7 Å². The fourth-order valence-corrected chi connectivity index (χ4v) is 4.00. The molecule has 0 unspecified atom stereocenters. The van der Waals surface area contributed by atoms with E-state index in [1.807, 2.05) is 0 Å². The number of carbonyl (C=O) groups is 2. The van der Waals surface area contributed by atoms with Crippen molar-refractivity contribution in [3.63, 3.8) is 0 Å². The normalized spacial score (nSPS) is 20.3. The van der Waals surface area contributed by atoms with E-state index in [0.29, 0.717) is 13.0 Å². The van der Waals surface area contributed by atoms with Gasteiger partial charge in [0.05, 0.1) is 18.8 Å². The third-order valence-corrected chi connectivity index (χ3v) is 5.40. The average molecular weight is 346 g/mol. The molecule has 1 amide bonds. The first-order valence-electron chi connectivity index (χ1n) is 9.01. The van der Waals surface area contributed by atoms with Crippen LogP contribution in [0.25, 0.3) is 0 Å². The molecule has 1 aliphatic carbocycles. The SMILES string of the molecule is O=C(CC1(N2CCOCC2)CCCC1)NCc1ccc(C(=O)O)cc1. The third kappa shape index (κ3) is 4.38. The largest absolute Gasteiger partial charge is 0.478 e. The highest BCUT2D eigenvalue weighted by Gasteiger charge is 2.41. The predicted octanol–water partition coefficient (Wildman–Crippen LogP) is 2.04. The second-order valence-electron chi connectivity index (χ2n) is 6.99. The number of aromatic carboxylic acids is 1. The lowest BCUT2D eigenvalue weighted by atomic mass is 9.90. The number of morpholine rings is 1. The van der Waals surface area contributed by atoms with E-state index in [4.69, 9.17) is 9.84 Å². The zero-order valence-electron chi connectivity index (χ0n) is 14.5. The van der Waals surface area contributed by atoms with Gasteiger partial charge in [0, 0.05) is 31.6 Å². The van der Waals surface area contributed by atoms with Gasteiger partial charge in [0.25, 0.3) is 0 Å². The molecule has 1 aliphatic heterocycles. The molecule has 0 bridgehead atoms. The molecule has 2 N–H and O–H groups in total. The first-order valence-corrected chi connectivity index (χ1v) is 9.01. The number of benzene rings is 1. The van der Waals surface area contributed by atoms with Crippen LogP contribution in [0.5, 0.6) is 0 Å². The molecule has 3 rings (SSSR count). The summed E-state index contributed by atoms with van der Waals surface area (Å²) >= 11 is 0. The van der Waals surface area contributed by atoms with Gasteiger partial charge < -0.3 is 15.2 Å². The minimum atomic E-state index is -0.940. The molecule has 0 radical (unpaired) electrons. The van der Waals surface area contributed by atoms with Gasteiger partial charge in [0.1, 0.15) is 0 Å². The Morgan fingerprint density at radius 3 is 2.36 bits per heavy atom. The van der Waals surface area contributed by atoms with E-state index >= 15 is 0 Å². The number of hydrogen-bond acceptors (Lipinski definition) is 4. The molecule has 1 aromatic carbocycles. The lowest BCUT2D eigenvalue weighted by Crippen LogP contribution is -2.53. The molecule has 6 heteroatoms. The molecule has 1 heterocycles. The number of carboxylic acid groups (broad SMARTS) is 1. The number of hydrogen-bond donors (Lipinski definition) is 2. The lowest BCUT2D eigenvalue weighted by Gasteiger charge is -2.43. The topological polar surface area (TPSA) is 78.9 Å². The predicted molar refractivity (Wildman–Crippen MR) is 93.5 cm³/mol. The Kier molecular flexibility index (Phi) is 5.71. The first-order chi connectivity index (χ1) is 12.1. The van der Waals surface area contributed by atoms with Gasteiger partial charge in [0.2, 0.25) is 5.91 Å². The van der Waals surface area contributed by atoms with Gasteiger partial charge in [-0.15, -0.1) is 0 Å². The van der Waals surface area contributed by atoms with Crippen LogP contribution >= 0.6 is 0 Å². The summed E-state index contributed by atoms with van der Waals surface area (Å²) in [4.78, 5) is 25.9. The minimum absolute atomic E-state index is 0.0129. The summed E-state index contributed by atoms with van der Waals surface area (Å²) < 4.78 is 5.46. The summed E-state index contributed by atoms with van der Waals surface area (Å²) in [5.74, 6) is -0.875. The van der Waals surface area contributed by atoms with E-state index in [1.54, 1.807) is 24.3 Å². The van der Waals surface area contributed by atoms with Gasteiger partial charge in [-0.05, 0) is 30.5 Å². The van der Waals surface area contributed by atoms with E-state index in [0.717, 1.165) is 44.7 Å². The Balaban J connectivity index is 1.55. The lowest BCUT2D eigenvalue weighted by molar-refractivity contribution is -0.125. The van der Waals surface area contributed by atoms with Gasteiger partial charge in [-0.2, -0.15) is 0 Å². The van der Waals surface area contributed by atoms with Crippen molar-refractivity contribution in [1.29, 1.82) is 0 Å². The van der Waals surface area contributed by atoms with Crippen molar-refractivity contribution in [2.75, 3.05) is 26.3 Å². The number of amides is 1. The molecule has 6 nitrogen and oxygen atoms in total. The number of rotatable bonds is 6. The second kappa shape index (κ2) is 7.97. The molecule has 136 valence electrons. The standard InChI is InChI=1S/C19H26N2O4/c22-17(20-14-15-3-5-16(6-4-15)18(23)24)13-19(7-1-2-8-19)21-9-11-25-12-10-21/h3-6H,1-2,7-14H2,(H,20,22)(H,23,24). The monoisotopic (exact) mass is 346 g/mol. The zero-order chi connectivity index (χ0) is 17.7. The molecule has 1 saturated heterocycles. The summed E-state index contributed by atoms with van der Waals surface area (Å²) in [5.41, 5.74) is 1.15. The molecule has 2 aliphatic rings. The quantitative estimate of drug-likeness (QED) is 0.824. The fraction of sp³-hybridized carbons (Fsp3) is 0.579. The fourth-order valence-electron chi connectivity index (χ4n) is 4.00. The van der Waals surface area contributed by atoms with Crippen molar-refractivity contribution in [3.8, 4) is 0 Å². The van der Waals surface area contributed by atoms with E-state index in [1.165, 1.54) is 12.8 Å². The maximum Gasteiger partial charge on any atom is 0.335 e. The Morgan fingerprint density at radius 2 is 1.76 bits per heavy atom. The van der Waals surface area contributed by atoms with Crippen LogP contribution in [0, 0.1) is 0 Å². The van der Waals surface area contributed by atoms with Crippen LogP contribution in [-0.2, 0) is 16.1 Å². The van der Waals surface area contributed by atoms with Crippen LogP contribution < -0.4 is 5.32 Å². The molecule has 0 spiro atoms. The smallest absolute Gasteiger partial charge is 0.335 e. The van der Waals surface area contributed by atoms with Crippen LogP contribution in [0.2, 0.25) is 0 Å². The van der Waals surface area contributed by atoms with Crippen molar-refractivity contribution in [2.24, 2.45) is 0 Å². The van der Waals surface area contributed by atoms with Crippen LogP contribution in [0.4, 0.5) is 0 Å². The van der Waals surface area contributed by atoms with Gasteiger partial charge in [-0.25, -0.2) is 4.79 Å². The van der Waals surface area contributed by atoms with Crippen LogP contribution in [0.1, 0.15) is 48.0 Å². The molecule has 1 aromatic rings. The number of carbonyl (C=O) groups excluding carboxylic acids is 1. The number of carboxylic acids is 1. The molecule has 2 fully saturated rings. The van der Waals surface area contributed by atoms with Gasteiger partial charge in [-0.3, -0.25) is 9.69 Å². The average Bonchev–Trinajstić information content (AvgIpc) is 3.11. The first kappa shape index (κ1) is 17.9. The Bertz CT molecular complexity index is 602. The number of nitrogens with one attached hydrogen (secondary N) is 1. The summed E-state index contributed by atoms with van der Waals surface area (Å²) in [6.07, 6.45) is 5.05. The highest BCUT2D eigenvalue weighted by Crippen LogP contribution is 2.38. The maximum absolute atomic E-state index is 12.5. The van der Waals surface area contributed by atoms with Gasteiger partial charge in [0.15, 0.2) is 0 Å². The molecular weight excluding hydrogens is 320 g/mol. The summed E-state index contributed by atoms with van der Waals surface area (Å²) in [6.45, 7) is 3.74. The summed E-state index contributed by atoms with van der Waals surface area (Å²) in [6, 6.07) is 6.63. The van der Waals surface area contributed by atoms with Crippen LogP contribution in [0.15, 0.2) is 24.3 Å². The highest BCUT2D eigenvalue weighted by atomic mass is 16.5. The molecule has 1 saturated carbocycles. The van der Waals surface area contributed by atoms with Crippen LogP contribution in [0.3, 0.4) is 0 Å². The summed E-state index contributed by atoms with van der Waals surface area (Å²) in [5, 5.41) is 11.9. The summed E-state index contributed by atoms with van der Waals surface area (Å²) in [7, 11) is 0. The van der Waals surface area contributed by atoms with Gasteiger partial charge in [-0.1, -0.05) is 25.0 Å². The van der Waals surface area contributed by atoms with E-state index < -0.39 is 5.97 Å². The molecular formula is C19H26N2O4.